The van der Waals surface area contributed by atoms with Gasteiger partial charge < -0.3 is 37.0 Å². The van der Waals surface area contributed by atoms with Crippen molar-refractivity contribution in [1.29, 1.82) is 0 Å². The quantitative estimate of drug-likeness (QED) is 0.141. The largest absolute Gasteiger partial charge is 0.481 e. The maximum Gasteiger partial charge on any atom is 0.327 e. The van der Waals surface area contributed by atoms with Crippen LogP contribution < -0.4 is 21.7 Å². The van der Waals surface area contributed by atoms with Crippen molar-refractivity contribution in [3.63, 3.8) is 0 Å². The number of hydrogen-bond donors (Lipinski definition) is 8. The number of thiol groups is 1. The molecule has 0 aliphatic rings. The molecule has 13 heteroatoms. The minimum absolute atomic E-state index is 0.170. The molecule has 0 aliphatic carbocycles. The second-order valence-electron chi connectivity index (χ2n) is 6.59. The highest BCUT2D eigenvalue weighted by molar-refractivity contribution is 7.80. The Morgan fingerprint density at radius 1 is 0.931 bits per heavy atom. The fourth-order valence-electron chi connectivity index (χ4n) is 2.13. The number of amides is 3. The first-order valence-electron chi connectivity index (χ1n) is 8.77. The van der Waals surface area contributed by atoms with Gasteiger partial charge in [-0.2, -0.15) is 12.6 Å². The molecule has 0 aliphatic heterocycles. The van der Waals surface area contributed by atoms with Gasteiger partial charge in [0.1, 0.15) is 24.2 Å². The lowest BCUT2D eigenvalue weighted by Crippen LogP contribution is -2.58. The molecule has 0 spiro atoms. The van der Waals surface area contributed by atoms with E-state index in [1.165, 1.54) is 0 Å². The molecule has 12 nitrogen and oxygen atoms in total. The predicted molar refractivity (Wildman–Crippen MR) is 104 cm³/mol. The molecule has 0 heterocycles. The molecule has 4 atom stereocenters. The third-order valence-electron chi connectivity index (χ3n) is 3.86. The Labute approximate surface area is 173 Å². The van der Waals surface area contributed by atoms with Crippen LogP contribution in [0.25, 0.3) is 0 Å². The first-order valence-corrected chi connectivity index (χ1v) is 9.40. The van der Waals surface area contributed by atoms with Gasteiger partial charge in [0.15, 0.2) is 0 Å². The van der Waals surface area contributed by atoms with Crippen LogP contribution in [-0.4, -0.2) is 81.5 Å². The van der Waals surface area contributed by atoms with Crippen molar-refractivity contribution in [2.24, 2.45) is 11.7 Å². The van der Waals surface area contributed by atoms with E-state index in [9.17, 15) is 24.0 Å². The van der Waals surface area contributed by atoms with E-state index in [0.29, 0.717) is 0 Å². The van der Waals surface area contributed by atoms with Crippen molar-refractivity contribution in [2.45, 2.75) is 50.9 Å². The number of aliphatic hydroxyl groups excluding tert-OH is 1. The number of nitrogens with one attached hydrogen (secondary N) is 3. The predicted octanol–water partition coefficient (Wildman–Crippen LogP) is -2.70. The summed E-state index contributed by atoms with van der Waals surface area (Å²) in [4.78, 5) is 58.7. The molecule has 8 N–H and O–H groups in total. The average Bonchev–Trinajstić information content (AvgIpc) is 2.65. The van der Waals surface area contributed by atoms with Gasteiger partial charge in [-0.1, -0.05) is 13.8 Å². The summed E-state index contributed by atoms with van der Waals surface area (Å²) in [7, 11) is 0. The van der Waals surface area contributed by atoms with Crippen LogP contribution in [-0.2, 0) is 24.0 Å². The molecule has 4 unspecified atom stereocenters. The molecule has 0 rings (SSSR count). The third kappa shape index (κ3) is 9.58. The lowest BCUT2D eigenvalue weighted by atomic mass is 10.0. The standard InChI is InChI=1S/C16H28N4O8S/c1-7(2)12(15(26)19-10(6-29)16(27)28)20-14(25)9(3-4-11(22)23)18-13(24)8(17)5-21/h7-10,12,21,29H,3-6,17H2,1-2H3,(H,18,24)(H,19,26)(H,20,25)(H,22,23)(H,27,28). The monoisotopic (exact) mass is 436 g/mol. The van der Waals surface area contributed by atoms with Gasteiger partial charge in [0, 0.05) is 12.2 Å². The summed E-state index contributed by atoms with van der Waals surface area (Å²) in [6.07, 6.45) is -0.738. The third-order valence-corrected chi connectivity index (χ3v) is 4.22. The first-order chi connectivity index (χ1) is 13.4. The number of carboxylic acid groups (broad SMARTS) is 2. The number of carbonyl (C=O) groups excluding carboxylic acids is 3. The van der Waals surface area contributed by atoms with Gasteiger partial charge >= 0.3 is 11.9 Å². The molecule has 0 saturated heterocycles. The van der Waals surface area contributed by atoms with Crippen LogP contribution in [0.1, 0.15) is 26.7 Å². The van der Waals surface area contributed by atoms with E-state index < -0.39 is 72.8 Å². The van der Waals surface area contributed by atoms with Gasteiger partial charge in [-0.3, -0.25) is 19.2 Å². The Bertz CT molecular complexity index is 616. The Morgan fingerprint density at radius 2 is 1.48 bits per heavy atom. The van der Waals surface area contributed by atoms with Gasteiger partial charge in [-0.25, -0.2) is 4.79 Å². The lowest BCUT2D eigenvalue weighted by molar-refractivity contribution is -0.142. The molecular formula is C16H28N4O8S. The zero-order valence-corrected chi connectivity index (χ0v) is 17.0. The Morgan fingerprint density at radius 3 is 1.90 bits per heavy atom. The van der Waals surface area contributed by atoms with Gasteiger partial charge in [-0.05, 0) is 12.3 Å². The normalized spacial score (nSPS) is 15.0. The molecule has 0 radical (unpaired) electrons. The van der Waals surface area contributed by atoms with Crippen molar-refractivity contribution in [3.05, 3.63) is 0 Å². The van der Waals surface area contributed by atoms with Crippen LogP contribution in [0.4, 0.5) is 0 Å². The molecule has 29 heavy (non-hydrogen) atoms. The summed E-state index contributed by atoms with van der Waals surface area (Å²) in [5.41, 5.74) is 5.38. The number of aliphatic carboxylic acids is 2. The minimum Gasteiger partial charge on any atom is -0.481 e. The number of rotatable bonds is 13. The minimum atomic E-state index is -1.33. The number of carbonyl (C=O) groups is 5. The summed E-state index contributed by atoms with van der Waals surface area (Å²) < 4.78 is 0. The SMILES string of the molecule is CC(C)C(NC(=O)C(CCC(=O)O)NC(=O)C(N)CO)C(=O)NC(CS)C(=O)O. The molecule has 0 aromatic heterocycles. The van der Waals surface area contributed by atoms with Crippen LogP contribution in [0.5, 0.6) is 0 Å². The highest BCUT2D eigenvalue weighted by Crippen LogP contribution is 2.06. The second kappa shape index (κ2) is 13.0. The van der Waals surface area contributed by atoms with Gasteiger partial charge in [0.2, 0.25) is 17.7 Å². The van der Waals surface area contributed by atoms with E-state index in [0.717, 1.165) is 0 Å². The van der Waals surface area contributed by atoms with Crippen LogP contribution in [0, 0.1) is 5.92 Å². The molecule has 0 fully saturated rings. The topological polar surface area (TPSA) is 208 Å². The van der Waals surface area contributed by atoms with Crippen molar-refractivity contribution in [2.75, 3.05) is 12.4 Å². The number of hydrogen-bond acceptors (Lipinski definition) is 8. The van der Waals surface area contributed by atoms with Crippen molar-refractivity contribution >= 4 is 42.3 Å². The fourth-order valence-corrected chi connectivity index (χ4v) is 2.38. The molecule has 0 saturated carbocycles. The Balaban J connectivity index is 5.34. The second-order valence-corrected chi connectivity index (χ2v) is 6.96. The van der Waals surface area contributed by atoms with Crippen molar-refractivity contribution in [3.8, 4) is 0 Å². The molecule has 0 aromatic carbocycles. The van der Waals surface area contributed by atoms with Crippen LogP contribution in [0.2, 0.25) is 0 Å². The van der Waals surface area contributed by atoms with E-state index in [2.05, 4.69) is 28.6 Å². The summed E-state index contributed by atoms with van der Waals surface area (Å²) in [5, 5.41) is 33.7. The fraction of sp³-hybridized carbons (Fsp3) is 0.688. The van der Waals surface area contributed by atoms with Crippen LogP contribution in [0.15, 0.2) is 0 Å². The summed E-state index contributed by atoms with van der Waals surface area (Å²) >= 11 is 3.85. The van der Waals surface area contributed by atoms with E-state index in [1.54, 1.807) is 13.8 Å². The highest BCUT2D eigenvalue weighted by atomic mass is 32.1. The highest BCUT2D eigenvalue weighted by Gasteiger charge is 2.31. The van der Waals surface area contributed by atoms with E-state index >= 15 is 0 Å². The molecule has 0 bridgehead atoms. The number of aliphatic hydroxyl groups is 1. The maximum atomic E-state index is 12.6. The number of nitrogens with two attached hydrogens (primary N) is 1. The van der Waals surface area contributed by atoms with Gasteiger partial charge in [0.25, 0.3) is 0 Å². The van der Waals surface area contributed by atoms with Crippen molar-refractivity contribution < 1.29 is 39.3 Å². The van der Waals surface area contributed by atoms with E-state index in [-0.39, 0.29) is 12.2 Å². The van der Waals surface area contributed by atoms with Crippen molar-refractivity contribution in [1.82, 2.24) is 16.0 Å². The van der Waals surface area contributed by atoms with E-state index in [4.69, 9.17) is 21.1 Å². The van der Waals surface area contributed by atoms with Gasteiger partial charge in [-0.15, -0.1) is 0 Å². The van der Waals surface area contributed by atoms with Crippen LogP contribution >= 0.6 is 12.6 Å². The number of carboxylic acids is 2. The smallest absolute Gasteiger partial charge is 0.327 e. The molecule has 166 valence electrons. The maximum absolute atomic E-state index is 12.6. The summed E-state index contributed by atoms with van der Waals surface area (Å²) in [6, 6.07) is -5.06. The molecule has 0 aromatic rings. The summed E-state index contributed by atoms with van der Waals surface area (Å²) in [6.45, 7) is 2.53. The van der Waals surface area contributed by atoms with E-state index in [1.807, 2.05) is 0 Å². The average molecular weight is 436 g/mol. The zero-order valence-electron chi connectivity index (χ0n) is 16.1. The zero-order chi connectivity index (χ0) is 22.7. The van der Waals surface area contributed by atoms with Crippen LogP contribution in [0.3, 0.4) is 0 Å². The molecular weight excluding hydrogens is 408 g/mol. The van der Waals surface area contributed by atoms with Gasteiger partial charge in [0.05, 0.1) is 6.61 Å². The first kappa shape index (κ1) is 26.6. The summed E-state index contributed by atoms with van der Waals surface area (Å²) in [5.74, 6) is -5.63. The lowest BCUT2D eigenvalue weighted by Gasteiger charge is -2.26. The Hall–Kier alpha value is -2.38. The Kier molecular flexibility index (Phi) is 11.9. The molecule has 3 amide bonds.